The van der Waals surface area contributed by atoms with E-state index in [9.17, 15) is 4.79 Å². The first-order valence-electron chi connectivity index (χ1n) is 6.72. The fourth-order valence-corrected chi connectivity index (χ4v) is 3.15. The highest BCUT2D eigenvalue weighted by Crippen LogP contribution is 2.32. The Hall–Kier alpha value is -2.40. The van der Waals surface area contributed by atoms with Crippen molar-refractivity contribution in [1.82, 2.24) is 4.98 Å². The van der Waals surface area contributed by atoms with Gasteiger partial charge in [-0.15, -0.1) is 11.3 Å². The van der Waals surface area contributed by atoms with E-state index in [2.05, 4.69) is 17.2 Å². The number of benzene rings is 1. The Morgan fingerprint density at radius 1 is 1.33 bits per heavy atom. The molecule has 21 heavy (non-hydrogen) atoms. The van der Waals surface area contributed by atoms with Crippen LogP contribution >= 0.6 is 11.3 Å². The normalized spacial score (nSPS) is 10.7. The molecule has 1 amide bonds. The van der Waals surface area contributed by atoms with Crippen LogP contribution in [0.15, 0.2) is 42.6 Å². The number of nitrogens with zero attached hydrogens (tertiary/aromatic N) is 1. The predicted molar refractivity (Wildman–Crippen MR) is 87.8 cm³/mol. The molecule has 0 atom stereocenters. The summed E-state index contributed by atoms with van der Waals surface area (Å²) >= 11 is 1.36. The summed E-state index contributed by atoms with van der Waals surface area (Å²) in [5.41, 5.74) is 9.13. The number of aryl methyl sites for hydroxylation is 1. The number of anilines is 2. The zero-order valence-electron chi connectivity index (χ0n) is 11.6. The van der Waals surface area contributed by atoms with Gasteiger partial charge < -0.3 is 11.1 Å². The molecule has 0 aliphatic heterocycles. The monoisotopic (exact) mass is 297 g/mol. The van der Waals surface area contributed by atoms with E-state index in [0.29, 0.717) is 16.1 Å². The quantitative estimate of drug-likeness (QED) is 0.774. The molecular formula is C16H15N3OS. The molecule has 2 aromatic heterocycles. The van der Waals surface area contributed by atoms with Gasteiger partial charge in [-0.25, -0.2) is 0 Å². The van der Waals surface area contributed by atoms with Crippen LogP contribution in [0, 0.1) is 0 Å². The highest BCUT2D eigenvalue weighted by atomic mass is 32.1. The Labute approximate surface area is 126 Å². The van der Waals surface area contributed by atoms with Crippen LogP contribution in [-0.2, 0) is 6.42 Å². The van der Waals surface area contributed by atoms with E-state index < -0.39 is 0 Å². The molecule has 0 saturated carbocycles. The number of fused-ring (bicyclic) bond motifs is 1. The van der Waals surface area contributed by atoms with E-state index in [1.807, 2.05) is 36.4 Å². The van der Waals surface area contributed by atoms with Crippen molar-refractivity contribution < 1.29 is 4.79 Å². The van der Waals surface area contributed by atoms with E-state index in [1.54, 1.807) is 6.20 Å². The largest absolute Gasteiger partial charge is 0.396 e. The van der Waals surface area contributed by atoms with Gasteiger partial charge in [-0.2, -0.15) is 0 Å². The van der Waals surface area contributed by atoms with Gasteiger partial charge in [0.25, 0.3) is 5.91 Å². The fourth-order valence-electron chi connectivity index (χ4n) is 2.17. The maximum absolute atomic E-state index is 12.4. The summed E-state index contributed by atoms with van der Waals surface area (Å²) in [7, 11) is 0. The van der Waals surface area contributed by atoms with Gasteiger partial charge in [0.2, 0.25) is 0 Å². The molecule has 5 heteroatoms. The van der Waals surface area contributed by atoms with Crippen LogP contribution in [0.25, 0.3) is 10.2 Å². The Kier molecular flexibility index (Phi) is 3.58. The van der Waals surface area contributed by atoms with Gasteiger partial charge in [-0.1, -0.05) is 19.1 Å². The summed E-state index contributed by atoms with van der Waals surface area (Å²) in [6.45, 7) is 2.08. The minimum atomic E-state index is -0.191. The standard InChI is InChI=1S/C16H15N3OS/c1-2-10-5-3-6-11(9-10)19-16(20)15-13(17)14-12(21-15)7-4-8-18-14/h3-9H,2,17H2,1H3,(H,19,20). The molecular weight excluding hydrogens is 282 g/mol. The number of nitrogens with two attached hydrogens (primary N) is 1. The molecule has 2 heterocycles. The Morgan fingerprint density at radius 2 is 2.19 bits per heavy atom. The molecule has 106 valence electrons. The maximum atomic E-state index is 12.4. The van der Waals surface area contributed by atoms with Gasteiger partial charge in [0.15, 0.2) is 0 Å². The van der Waals surface area contributed by atoms with Crippen molar-refractivity contribution in [1.29, 1.82) is 0 Å². The summed E-state index contributed by atoms with van der Waals surface area (Å²) in [6, 6.07) is 11.6. The number of nitrogens with one attached hydrogen (secondary N) is 1. The third-order valence-corrected chi connectivity index (χ3v) is 4.44. The third-order valence-electron chi connectivity index (χ3n) is 3.28. The van der Waals surface area contributed by atoms with Gasteiger partial charge in [0.1, 0.15) is 10.4 Å². The van der Waals surface area contributed by atoms with Gasteiger partial charge in [-0.05, 0) is 36.2 Å². The lowest BCUT2D eigenvalue weighted by Crippen LogP contribution is -2.12. The van der Waals surface area contributed by atoms with E-state index in [-0.39, 0.29) is 5.91 Å². The van der Waals surface area contributed by atoms with E-state index in [4.69, 9.17) is 5.73 Å². The smallest absolute Gasteiger partial charge is 0.267 e. The zero-order chi connectivity index (χ0) is 14.8. The van der Waals surface area contributed by atoms with Crippen LogP contribution in [-0.4, -0.2) is 10.9 Å². The first-order chi connectivity index (χ1) is 10.2. The first-order valence-corrected chi connectivity index (χ1v) is 7.54. The zero-order valence-corrected chi connectivity index (χ0v) is 12.4. The number of nitrogen functional groups attached to an aromatic ring is 1. The van der Waals surface area contributed by atoms with Crippen molar-refractivity contribution in [3.05, 3.63) is 53.0 Å². The van der Waals surface area contributed by atoms with Gasteiger partial charge in [-0.3, -0.25) is 9.78 Å². The average Bonchev–Trinajstić information content (AvgIpc) is 2.85. The Bertz CT molecular complexity index is 810. The van der Waals surface area contributed by atoms with Crippen LogP contribution < -0.4 is 11.1 Å². The lowest BCUT2D eigenvalue weighted by molar-refractivity contribution is 0.103. The summed E-state index contributed by atoms with van der Waals surface area (Å²) in [6.07, 6.45) is 2.61. The number of amides is 1. The van der Waals surface area contributed by atoms with Crippen molar-refractivity contribution in [2.45, 2.75) is 13.3 Å². The molecule has 1 aromatic carbocycles. The number of hydrogen-bond donors (Lipinski definition) is 2. The van der Waals surface area contributed by atoms with Crippen LogP contribution in [0.1, 0.15) is 22.2 Å². The average molecular weight is 297 g/mol. The fraction of sp³-hybridized carbons (Fsp3) is 0.125. The molecule has 0 aliphatic carbocycles. The molecule has 0 saturated heterocycles. The van der Waals surface area contributed by atoms with Crippen molar-refractivity contribution in [3.8, 4) is 0 Å². The van der Waals surface area contributed by atoms with Crippen molar-refractivity contribution in [2.24, 2.45) is 0 Å². The van der Waals surface area contributed by atoms with Crippen LogP contribution in [0.5, 0.6) is 0 Å². The number of rotatable bonds is 3. The summed E-state index contributed by atoms with van der Waals surface area (Å²) in [4.78, 5) is 17.1. The minimum absolute atomic E-state index is 0.191. The van der Waals surface area contributed by atoms with Crippen LogP contribution in [0.3, 0.4) is 0 Å². The molecule has 0 bridgehead atoms. The number of thiophene rings is 1. The van der Waals surface area contributed by atoms with E-state index >= 15 is 0 Å². The second-order valence-electron chi connectivity index (χ2n) is 4.70. The first kappa shape index (κ1) is 13.6. The summed E-state index contributed by atoms with van der Waals surface area (Å²) in [5.74, 6) is -0.191. The second kappa shape index (κ2) is 5.54. The number of hydrogen-bond acceptors (Lipinski definition) is 4. The highest BCUT2D eigenvalue weighted by molar-refractivity contribution is 7.21. The predicted octanol–water partition coefficient (Wildman–Crippen LogP) is 3.69. The SMILES string of the molecule is CCc1cccc(NC(=O)c2sc3cccnc3c2N)c1. The molecule has 0 aliphatic rings. The van der Waals surface area contributed by atoms with Crippen molar-refractivity contribution in [2.75, 3.05) is 11.1 Å². The van der Waals surface area contributed by atoms with Crippen LogP contribution in [0.4, 0.5) is 11.4 Å². The molecule has 0 radical (unpaired) electrons. The molecule has 3 aromatic rings. The van der Waals surface area contributed by atoms with E-state index in [0.717, 1.165) is 16.8 Å². The molecule has 0 spiro atoms. The third kappa shape index (κ3) is 2.60. The highest BCUT2D eigenvalue weighted by Gasteiger charge is 2.17. The number of carbonyl (C=O) groups is 1. The Morgan fingerprint density at radius 3 is 2.95 bits per heavy atom. The molecule has 4 nitrogen and oxygen atoms in total. The molecule has 3 rings (SSSR count). The summed E-state index contributed by atoms with van der Waals surface area (Å²) in [5, 5.41) is 2.90. The van der Waals surface area contributed by atoms with Crippen LogP contribution in [0.2, 0.25) is 0 Å². The van der Waals surface area contributed by atoms with E-state index in [1.165, 1.54) is 16.9 Å². The van der Waals surface area contributed by atoms with Gasteiger partial charge >= 0.3 is 0 Å². The van der Waals surface area contributed by atoms with Gasteiger partial charge in [0, 0.05) is 11.9 Å². The maximum Gasteiger partial charge on any atom is 0.267 e. The van der Waals surface area contributed by atoms with Gasteiger partial charge in [0.05, 0.1) is 10.4 Å². The number of carbonyl (C=O) groups excluding carboxylic acids is 1. The van der Waals surface area contributed by atoms with Crippen molar-refractivity contribution >= 4 is 38.8 Å². The lowest BCUT2D eigenvalue weighted by atomic mass is 10.1. The number of aromatic nitrogens is 1. The molecule has 3 N–H and O–H groups in total. The minimum Gasteiger partial charge on any atom is -0.396 e. The Balaban J connectivity index is 1.91. The topological polar surface area (TPSA) is 68.0 Å². The molecule has 0 unspecified atom stereocenters. The lowest BCUT2D eigenvalue weighted by Gasteiger charge is -2.06. The van der Waals surface area contributed by atoms with Crippen molar-refractivity contribution in [3.63, 3.8) is 0 Å². The number of pyridine rings is 1. The summed E-state index contributed by atoms with van der Waals surface area (Å²) < 4.78 is 0.919. The molecule has 0 fully saturated rings. The second-order valence-corrected chi connectivity index (χ2v) is 5.76.